The summed E-state index contributed by atoms with van der Waals surface area (Å²) in [5, 5.41) is 7.94. The fourth-order valence-corrected chi connectivity index (χ4v) is 6.95. The highest BCUT2D eigenvalue weighted by Crippen LogP contribution is 2.46. The maximum atomic E-state index is 3.78. The van der Waals surface area contributed by atoms with Crippen LogP contribution in [-0.4, -0.2) is 4.98 Å². The van der Waals surface area contributed by atoms with E-state index in [2.05, 4.69) is 126 Å². The molecule has 0 unspecified atom stereocenters. The smallest absolute Gasteiger partial charge is 0.0551 e. The SMILES string of the molecule is c1ccc(-c2ccc(-c3ccc4[nH]c5c6ccccc6c6sc7ccccc7c6c5c4c3)cc2)cc1. The van der Waals surface area contributed by atoms with E-state index in [9.17, 15) is 0 Å². The molecule has 0 aliphatic heterocycles. The molecule has 2 heteroatoms. The molecule has 8 rings (SSSR count). The Morgan fingerprint density at radius 3 is 1.86 bits per heavy atom. The van der Waals surface area contributed by atoms with Crippen molar-refractivity contribution in [2.75, 3.05) is 0 Å². The van der Waals surface area contributed by atoms with Crippen molar-refractivity contribution in [3.05, 3.63) is 121 Å². The van der Waals surface area contributed by atoms with Gasteiger partial charge in [-0.15, -0.1) is 11.3 Å². The molecule has 0 aliphatic rings. The van der Waals surface area contributed by atoms with Gasteiger partial charge in [0, 0.05) is 47.2 Å². The van der Waals surface area contributed by atoms with E-state index in [1.807, 2.05) is 11.3 Å². The molecule has 0 radical (unpaired) electrons. The van der Waals surface area contributed by atoms with Crippen LogP contribution in [0, 0.1) is 0 Å². The van der Waals surface area contributed by atoms with Crippen molar-refractivity contribution in [3.8, 4) is 22.3 Å². The van der Waals surface area contributed by atoms with Gasteiger partial charge in [-0.2, -0.15) is 0 Å². The minimum Gasteiger partial charge on any atom is -0.354 e. The van der Waals surface area contributed by atoms with Crippen LogP contribution in [-0.2, 0) is 0 Å². The van der Waals surface area contributed by atoms with Crippen molar-refractivity contribution in [1.82, 2.24) is 4.98 Å². The first-order valence-corrected chi connectivity index (χ1v) is 13.1. The molecular formula is C34H21NS. The molecule has 0 atom stereocenters. The molecule has 0 aliphatic carbocycles. The zero-order valence-corrected chi connectivity index (χ0v) is 20.3. The zero-order valence-electron chi connectivity index (χ0n) is 19.5. The number of fused-ring (bicyclic) bond motifs is 10. The van der Waals surface area contributed by atoms with Crippen LogP contribution in [0.5, 0.6) is 0 Å². The monoisotopic (exact) mass is 475 g/mol. The Balaban J connectivity index is 1.42. The van der Waals surface area contributed by atoms with Gasteiger partial charge in [0.05, 0.1) is 5.52 Å². The highest BCUT2D eigenvalue weighted by molar-refractivity contribution is 7.27. The van der Waals surface area contributed by atoms with E-state index in [0.717, 1.165) is 0 Å². The van der Waals surface area contributed by atoms with Gasteiger partial charge in [-0.05, 0) is 40.5 Å². The first-order valence-electron chi connectivity index (χ1n) is 12.3. The standard InChI is InChI=1S/C34H21NS/c1-2-8-21(9-3-1)22-14-16-23(17-15-22)24-18-19-29-28(20-24)31-32-27-12-6-7-13-30(27)36-34(32)26-11-5-4-10-25(26)33(31)35-29/h1-20,35H. The molecule has 0 spiro atoms. The average molecular weight is 476 g/mol. The van der Waals surface area contributed by atoms with Crippen molar-refractivity contribution < 1.29 is 0 Å². The van der Waals surface area contributed by atoms with E-state index < -0.39 is 0 Å². The van der Waals surface area contributed by atoms with E-state index in [1.54, 1.807) is 0 Å². The van der Waals surface area contributed by atoms with Crippen molar-refractivity contribution >= 4 is 64.1 Å². The van der Waals surface area contributed by atoms with E-state index >= 15 is 0 Å². The average Bonchev–Trinajstić information content (AvgIpc) is 3.52. The quantitative estimate of drug-likeness (QED) is 0.256. The van der Waals surface area contributed by atoms with E-state index in [0.29, 0.717) is 0 Å². The molecule has 2 heterocycles. The van der Waals surface area contributed by atoms with E-state index in [1.165, 1.54) is 75.0 Å². The number of hydrogen-bond acceptors (Lipinski definition) is 1. The van der Waals surface area contributed by atoms with E-state index in [4.69, 9.17) is 0 Å². The van der Waals surface area contributed by atoms with Gasteiger partial charge >= 0.3 is 0 Å². The third-order valence-electron chi connectivity index (χ3n) is 7.41. The first kappa shape index (κ1) is 19.9. The Morgan fingerprint density at radius 2 is 1.06 bits per heavy atom. The Labute approximate surface area is 212 Å². The third-order valence-corrected chi connectivity index (χ3v) is 8.61. The predicted molar refractivity (Wildman–Crippen MR) is 157 cm³/mol. The highest BCUT2D eigenvalue weighted by Gasteiger charge is 2.18. The molecule has 6 aromatic carbocycles. The highest BCUT2D eigenvalue weighted by atomic mass is 32.1. The lowest BCUT2D eigenvalue weighted by Crippen LogP contribution is -1.81. The molecular weight excluding hydrogens is 454 g/mol. The summed E-state index contributed by atoms with van der Waals surface area (Å²) in [5.41, 5.74) is 7.37. The largest absolute Gasteiger partial charge is 0.354 e. The fourth-order valence-electron chi connectivity index (χ4n) is 5.70. The number of aromatic amines is 1. The summed E-state index contributed by atoms with van der Waals surface area (Å²) < 4.78 is 2.71. The molecule has 0 bridgehead atoms. The van der Waals surface area contributed by atoms with Gasteiger partial charge in [-0.3, -0.25) is 0 Å². The number of hydrogen-bond donors (Lipinski definition) is 1. The molecule has 1 nitrogen and oxygen atoms in total. The number of rotatable bonds is 2. The van der Waals surface area contributed by atoms with E-state index in [-0.39, 0.29) is 0 Å². The lowest BCUT2D eigenvalue weighted by Gasteiger charge is -2.06. The number of thiophene rings is 1. The van der Waals surface area contributed by atoms with Crippen molar-refractivity contribution in [2.45, 2.75) is 0 Å². The van der Waals surface area contributed by atoms with Crippen LogP contribution < -0.4 is 0 Å². The molecule has 0 saturated carbocycles. The normalized spacial score (nSPS) is 11.9. The topological polar surface area (TPSA) is 15.8 Å². The molecule has 2 aromatic heterocycles. The Kier molecular flexibility index (Phi) is 4.16. The Morgan fingerprint density at radius 1 is 0.444 bits per heavy atom. The van der Waals surface area contributed by atoms with Crippen LogP contribution in [0.1, 0.15) is 0 Å². The van der Waals surface area contributed by atoms with Gasteiger partial charge in [-0.25, -0.2) is 0 Å². The van der Waals surface area contributed by atoms with Gasteiger partial charge in [0.15, 0.2) is 0 Å². The van der Waals surface area contributed by atoms with Gasteiger partial charge in [0.1, 0.15) is 0 Å². The summed E-state index contributed by atoms with van der Waals surface area (Å²) in [6.07, 6.45) is 0. The fraction of sp³-hybridized carbons (Fsp3) is 0. The summed E-state index contributed by atoms with van der Waals surface area (Å²) in [6.45, 7) is 0. The predicted octanol–water partition coefficient (Wildman–Crippen LogP) is 10.2. The summed E-state index contributed by atoms with van der Waals surface area (Å²) in [4.78, 5) is 3.78. The summed E-state index contributed by atoms with van der Waals surface area (Å²) in [6, 6.07) is 44.0. The van der Waals surface area contributed by atoms with Crippen molar-refractivity contribution in [1.29, 1.82) is 0 Å². The van der Waals surface area contributed by atoms with Gasteiger partial charge in [-0.1, -0.05) is 103 Å². The maximum Gasteiger partial charge on any atom is 0.0551 e. The van der Waals surface area contributed by atoms with Crippen molar-refractivity contribution in [2.24, 2.45) is 0 Å². The zero-order chi connectivity index (χ0) is 23.6. The van der Waals surface area contributed by atoms with Gasteiger partial charge in [0.2, 0.25) is 0 Å². The second-order valence-corrected chi connectivity index (χ2v) is 10.5. The number of H-pyrrole nitrogens is 1. The molecule has 0 amide bonds. The van der Waals surface area contributed by atoms with Crippen LogP contribution in [0.4, 0.5) is 0 Å². The molecule has 8 aromatic rings. The first-order chi connectivity index (χ1) is 17.8. The van der Waals surface area contributed by atoms with Crippen LogP contribution in [0.15, 0.2) is 121 Å². The molecule has 36 heavy (non-hydrogen) atoms. The van der Waals surface area contributed by atoms with Crippen LogP contribution in [0.3, 0.4) is 0 Å². The summed E-state index contributed by atoms with van der Waals surface area (Å²) >= 11 is 1.90. The Hall–Kier alpha value is -4.40. The van der Waals surface area contributed by atoms with Crippen LogP contribution in [0.25, 0.3) is 75.0 Å². The van der Waals surface area contributed by atoms with Crippen molar-refractivity contribution in [3.63, 3.8) is 0 Å². The lowest BCUT2D eigenvalue weighted by molar-refractivity contribution is 1.56. The second kappa shape index (κ2) is 7.55. The molecule has 168 valence electrons. The number of benzene rings is 6. The van der Waals surface area contributed by atoms with Gasteiger partial charge in [0.25, 0.3) is 0 Å². The minimum atomic E-state index is 1.18. The second-order valence-electron chi connectivity index (χ2n) is 9.43. The lowest BCUT2D eigenvalue weighted by atomic mass is 9.97. The molecule has 0 fully saturated rings. The number of nitrogens with one attached hydrogen (secondary N) is 1. The maximum absolute atomic E-state index is 3.78. The molecule has 0 saturated heterocycles. The summed E-state index contributed by atoms with van der Waals surface area (Å²) in [5.74, 6) is 0. The minimum absolute atomic E-state index is 1.18. The summed E-state index contributed by atoms with van der Waals surface area (Å²) in [7, 11) is 0. The number of aromatic nitrogens is 1. The van der Waals surface area contributed by atoms with Crippen LogP contribution >= 0.6 is 11.3 Å². The Bertz CT molecular complexity index is 2080. The third kappa shape index (κ3) is 2.82. The molecule has 1 N–H and O–H groups in total. The van der Waals surface area contributed by atoms with Gasteiger partial charge < -0.3 is 4.98 Å². The van der Waals surface area contributed by atoms with Crippen LogP contribution in [0.2, 0.25) is 0 Å².